The van der Waals surface area contributed by atoms with Gasteiger partial charge < -0.3 is 19.0 Å². The van der Waals surface area contributed by atoms with Crippen LogP contribution in [0.1, 0.15) is 29.4 Å². The van der Waals surface area contributed by atoms with Crippen LogP contribution in [0.4, 0.5) is 0 Å². The van der Waals surface area contributed by atoms with Gasteiger partial charge in [0.2, 0.25) is 11.2 Å². The maximum absolute atomic E-state index is 12.1. The third kappa shape index (κ3) is 3.98. The van der Waals surface area contributed by atoms with Crippen molar-refractivity contribution in [2.45, 2.75) is 18.9 Å². The smallest absolute Gasteiger partial charge is 0.306 e. The van der Waals surface area contributed by atoms with Crippen LogP contribution in [-0.4, -0.2) is 30.3 Å². The number of benzene rings is 1. The molecule has 7 heteroatoms. The van der Waals surface area contributed by atoms with Crippen molar-refractivity contribution in [2.24, 2.45) is 0 Å². The first-order valence-corrected chi connectivity index (χ1v) is 8.29. The van der Waals surface area contributed by atoms with Gasteiger partial charge in [-0.3, -0.25) is 14.6 Å². The van der Waals surface area contributed by atoms with Crippen LogP contribution < -0.4 is 5.43 Å². The number of pyridine rings is 1. The average molecular weight is 369 g/mol. The Labute approximate surface area is 155 Å². The number of hydrogen-bond acceptors (Lipinski definition) is 7. The minimum absolute atomic E-state index is 0.00295. The van der Waals surface area contributed by atoms with Crippen molar-refractivity contribution in [1.82, 2.24) is 4.98 Å². The van der Waals surface area contributed by atoms with Gasteiger partial charge in [-0.15, -0.1) is 0 Å². The van der Waals surface area contributed by atoms with Crippen LogP contribution in [0.25, 0.3) is 10.9 Å². The maximum Gasteiger partial charge on any atom is 0.306 e. The number of fused-ring (bicyclic) bond motifs is 1. The summed E-state index contributed by atoms with van der Waals surface area (Å²) >= 11 is 0. The molecule has 0 radical (unpaired) electrons. The van der Waals surface area contributed by atoms with Gasteiger partial charge in [-0.25, -0.2) is 0 Å². The number of esters is 1. The summed E-state index contributed by atoms with van der Waals surface area (Å²) in [5.74, 6) is -1.47. The summed E-state index contributed by atoms with van der Waals surface area (Å²) in [6, 6.07) is 10.3. The van der Waals surface area contributed by atoms with Gasteiger partial charge in [0.1, 0.15) is 12.4 Å². The number of aromatic nitrogens is 1. The molecule has 2 heterocycles. The number of ether oxygens (including phenoxy) is 2. The van der Waals surface area contributed by atoms with E-state index in [1.54, 1.807) is 18.3 Å². The lowest BCUT2D eigenvalue weighted by molar-refractivity contribution is -0.140. The highest BCUT2D eigenvalue weighted by Crippen LogP contribution is 2.34. The zero-order valence-electron chi connectivity index (χ0n) is 15.0. The van der Waals surface area contributed by atoms with Gasteiger partial charge in [0.25, 0.3) is 0 Å². The Hall–Kier alpha value is -3.19. The lowest BCUT2D eigenvalue weighted by atomic mass is 9.91. The molecular weight excluding hydrogens is 350 g/mol. The number of nitrogens with zero attached hydrogens (tertiary/aromatic N) is 1. The summed E-state index contributed by atoms with van der Waals surface area (Å²) in [5, 5.41) is 11.2. The zero-order chi connectivity index (χ0) is 19.4. The van der Waals surface area contributed by atoms with Gasteiger partial charge in [-0.2, -0.15) is 0 Å². The highest BCUT2D eigenvalue weighted by molar-refractivity contribution is 5.80. The summed E-state index contributed by atoms with van der Waals surface area (Å²) in [5.41, 5.74) is 0.881. The van der Waals surface area contributed by atoms with Crippen molar-refractivity contribution in [3.8, 4) is 5.75 Å². The van der Waals surface area contributed by atoms with Crippen molar-refractivity contribution >= 4 is 16.9 Å². The number of hydrogen-bond donors (Lipinski definition) is 1. The normalized spacial score (nSPS) is 12.1. The van der Waals surface area contributed by atoms with Crippen LogP contribution >= 0.6 is 0 Å². The average Bonchev–Trinajstić information content (AvgIpc) is 2.68. The number of carbonyl (C=O) groups is 1. The Morgan fingerprint density at radius 2 is 2.07 bits per heavy atom. The molecule has 1 unspecified atom stereocenters. The number of rotatable bonds is 6. The lowest BCUT2D eigenvalue weighted by Crippen LogP contribution is -2.14. The van der Waals surface area contributed by atoms with Crippen LogP contribution in [0.3, 0.4) is 0 Å². The summed E-state index contributed by atoms with van der Waals surface area (Å²) in [6.45, 7) is 0.0646. The number of carbonyl (C=O) groups excluding carboxylic acids is 1. The fraction of sp³-hybridized carbons (Fsp3) is 0.250. The lowest BCUT2D eigenvalue weighted by Gasteiger charge is -2.18. The van der Waals surface area contributed by atoms with E-state index in [1.165, 1.54) is 20.3 Å². The molecule has 1 aromatic carbocycles. The van der Waals surface area contributed by atoms with Crippen LogP contribution in [0, 0.1) is 0 Å². The molecule has 0 bridgehead atoms. The third-order valence-electron chi connectivity index (χ3n) is 4.23. The highest BCUT2D eigenvalue weighted by Gasteiger charge is 2.26. The summed E-state index contributed by atoms with van der Waals surface area (Å²) in [6.07, 6.45) is 1.59. The van der Waals surface area contributed by atoms with Gasteiger partial charge in [0.15, 0.2) is 5.76 Å². The van der Waals surface area contributed by atoms with E-state index in [1.807, 2.05) is 18.2 Å². The highest BCUT2D eigenvalue weighted by atomic mass is 16.5. The second kappa shape index (κ2) is 8.01. The molecule has 140 valence electrons. The van der Waals surface area contributed by atoms with E-state index in [0.29, 0.717) is 5.56 Å². The summed E-state index contributed by atoms with van der Waals surface area (Å²) in [4.78, 5) is 28.4. The van der Waals surface area contributed by atoms with E-state index in [-0.39, 0.29) is 24.5 Å². The summed E-state index contributed by atoms with van der Waals surface area (Å²) < 4.78 is 15.5. The number of aromatic hydroxyl groups is 1. The Morgan fingerprint density at radius 3 is 2.81 bits per heavy atom. The van der Waals surface area contributed by atoms with E-state index in [2.05, 4.69) is 4.98 Å². The second-order valence-electron chi connectivity index (χ2n) is 6.01. The first kappa shape index (κ1) is 18.6. The fourth-order valence-electron chi connectivity index (χ4n) is 2.93. The molecule has 1 N–H and O–H groups in total. The predicted octanol–water partition coefficient (Wildman–Crippen LogP) is 2.74. The third-order valence-corrected chi connectivity index (χ3v) is 4.23. The van der Waals surface area contributed by atoms with Crippen molar-refractivity contribution in [3.63, 3.8) is 0 Å². The molecule has 0 aliphatic rings. The Morgan fingerprint density at radius 1 is 1.26 bits per heavy atom. The van der Waals surface area contributed by atoms with Gasteiger partial charge in [0, 0.05) is 24.8 Å². The first-order valence-electron chi connectivity index (χ1n) is 8.29. The molecule has 0 aliphatic heterocycles. The first-order chi connectivity index (χ1) is 13.0. The van der Waals surface area contributed by atoms with Crippen LogP contribution in [-0.2, 0) is 20.9 Å². The molecule has 7 nitrogen and oxygen atoms in total. The molecule has 0 aliphatic carbocycles. The maximum atomic E-state index is 12.1. The Kier molecular flexibility index (Phi) is 5.52. The quantitative estimate of drug-likeness (QED) is 0.667. The molecular formula is C20H19NO6. The van der Waals surface area contributed by atoms with Crippen molar-refractivity contribution < 1.29 is 23.8 Å². The van der Waals surface area contributed by atoms with E-state index in [0.717, 1.165) is 10.9 Å². The van der Waals surface area contributed by atoms with Crippen LogP contribution in [0.5, 0.6) is 5.75 Å². The molecule has 3 rings (SSSR count). The molecule has 27 heavy (non-hydrogen) atoms. The minimum Gasteiger partial charge on any atom is -0.502 e. The van der Waals surface area contributed by atoms with Crippen molar-refractivity contribution in [3.05, 3.63) is 69.9 Å². The van der Waals surface area contributed by atoms with E-state index < -0.39 is 23.1 Å². The Bertz CT molecular complexity index is 1030. The molecule has 1 atom stereocenters. The van der Waals surface area contributed by atoms with Gasteiger partial charge in [0.05, 0.1) is 25.0 Å². The van der Waals surface area contributed by atoms with E-state index >= 15 is 0 Å². The van der Waals surface area contributed by atoms with Gasteiger partial charge >= 0.3 is 5.97 Å². The molecule has 0 spiro atoms. The fourth-order valence-corrected chi connectivity index (χ4v) is 2.93. The zero-order valence-corrected chi connectivity index (χ0v) is 15.0. The largest absolute Gasteiger partial charge is 0.502 e. The SMILES string of the molecule is COCc1cc(=O)c(O)c(C(CC(=O)OC)c2ccc3ncccc3c2)o1. The summed E-state index contributed by atoms with van der Waals surface area (Å²) in [7, 11) is 2.75. The van der Waals surface area contributed by atoms with Crippen LogP contribution in [0.15, 0.2) is 51.8 Å². The van der Waals surface area contributed by atoms with E-state index in [4.69, 9.17) is 13.9 Å². The van der Waals surface area contributed by atoms with Crippen LogP contribution in [0.2, 0.25) is 0 Å². The minimum atomic E-state index is -0.702. The Balaban J connectivity index is 2.16. The van der Waals surface area contributed by atoms with Gasteiger partial charge in [-0.1, -0.05) is 12.1 Å². The van der Waals surface area contributed by atoms with Crippen molar-refractivity contribution in [2.75, 3.05) is 14.2 Å². The van der Waals surface area contributed by atoms with E-state index in [9.17, 15) is 14.7 Å². The molecule has 0 saturated heterocycles. The second-order valence-corrected chi connectivity index (χ2v) is 6.01. The topological polar surface area (TPSA) is 98.9 Å². The molecule has 0 saturated carbocycles. The molecule has 3 aromatic rings. The van der Waals surface area contributed by atoms with Crippen molar-refractivity contribution in [1.29, 1.82) is 0 Å². The molecule has 0 amide bonds. The number of methoxy groups -OCH3 is 2. The molecule has 0 fully saturated rings. The predicted molar refractivity (Wildman–Crippen MR) is 97.6 cm³/mol. The molecule has 2 aromatic heterocycles. The standard InChI is InChI=1S/C20H19NO6/c1-25-11-14-9-17(22)19(24)20(27-14)15(10-18(23)26-2)12-5-6-16-13(8-12)4-3-7-21-16/h3-9,15,24H,10-11H2,1-2H3. The monoisotopic (exact) mass is 369 g/mol. The van der Waals surface area contributed by atoms with Gasteiger partial charge in [-0.05, 0) is 23.8 Å².